The number of aromatic nitrogens is 2. The molecule has 0 radical (unpaired) electrons. The zero-order valence-corrected chi connectivity index (χ0v) is 17.2. The van der Waals surface area contributed by atoms with E-state index in [1.807, 2.05) is 0 Å². The number of allylic oxidation sites excluding steroid dienone is 1. The summed E-state index contributed by atoms with van der Waals surface area (Å²) < 4.78 is 52.9. The maximum atomic E-state index is 13.9. The third-order valence-corrected chi connectivity index (χ3v) is 6.13. The Balaban J connectivity index is 1.48. The Morgan fingerprint density at radius 1 is 1.19 bits per heavy atom. The summed E-state index contributed by atoms with van der Waals surface area (Å²) in [5.41, 5.74) is 3.29. The average Bonchev–Trinajstić information content (AvgIpc) is 3.40. The summed E-state index contributed by atoms with van der Waals surface area (Å²) in [7, 11) is 0. The average molecular weight is 449 g/mol. The number of rotatable bonds is 3. The Labute approximate surface area is 181 Å². The van der Waals surface area contributed by atoms with E-state index in [1.165, 1.54) is 0 Å². The van der Waals surface area contributed by atoms with Crippen molar-refractivity contribution >= 4 is 11.5 Å². The molecule has 2 fully saturated rings. The van der Waals surface area contributed by atoms with Crippen LogP contribution < -0.4 is 10.7 Å². The lowest BCUT2D eigenvalue weighted by molar-refractivity contribution is -0.161. The van der Waals surface area contributed by atoms with Crippen LogP contribution in [0.2, 0.25) is 0 Å². The van der Waals surface area contributed by atoms with E-state index < -0.39 is 30.2 Å². The quantitative estimate of drug-likeness (QED) is 0.744. The maximum Gasteiger partial charge on any atom is 0.406 e. The largest absolute Gasteiger partial charge is 0.420 e. The molecule has 3 unspecified atom stereocenters. The Kier molecular flexibility index (Phi) is 5.17. The second-order valence-corrected chi connectivity index (χ2v) is 8.21. The number of alkyl halides is 3. The van der Waals surface area contributed by atoms with Crippen LogP contribution in [0.5, 0.6) is 0 Å². The fraction of sp³-hybridized carbons (Fsp3) is 0.476. The number of fused-ring (bicyclic) bond motifs is 1. The molecule has 0 spiro atoms. The van der Waals surface area contributed by atoms with Crippen LogP contribution in [0.25, 0.3) is 5.57 Å². The predicted molar refractivity (Wildman–Crippen MR) is 106 cm³/mol. The molecule has 170 valence electrons. The van der Waals surface area contributed by atoms with Gasteiger partial charge in [-0.3, -0.25) is 4.79 Å². The van der Waals surface area contributed by atoms with Crippen molar-refractivity contribution < 1.29 is 27.1 Å². The van der Waals surface area contributed by atoms with Gasteiger partial charge in [0.25, 0.3) is 11.8 Å². The molecule has 5 rings (SSSR count). The molecule has 1 aromatic carbocycles. The van der Waals surface area contributed by atoms with Crippen molar-refractivity contribution in [3.8, 4) is 0 Å². The molecule has 0 aliphatic carbocycles. The second-order valence-electron chi connectivity index (χ2n) is 8.21. The summed E-state index contributed by atoms with van der Waals surface area (Å²) in [6.45, 7) is 2.75. The number of hydrazine groups is 1. The van der Waals surface area contributed by atoms with Crippen LogP contribution in [-0.2, 0) is 9.53 Å². The summed E-state index contributed by atoms with van der Waals surface area (Å²) in [5, 5.41) is 12.1. The Bertz CT molecular complexity index is 1030. The first kappa shape index (κ1) is 21.0. The van der Waals surface area contributed by atoms with E-state index >= 15 is 0 Å². The zero-order valence-electron chi connectivity index (χ0n) is 17.2. The molecular weight excluding hydrogens is 427 g/mol. The van der Waals surface area contributed by atoms with Crippen LogP contribution in [0, 0.1) is 0 Å². The standard InChI is InChI=1S/C21H22F3N5O3/c1-11-14(19-27-26-18(32-19)13-8-5-9-31-10-13)20(30)29-17(25-11)15(12-6-3-2-4-7-12)16(28-29)21(22,23)24/h2-4,6-7,13,15-17,25,28H,5,8-10H2,1H3/t13-,15?,16?,17?/m1/s1. The summed E-state index contributed by atoms with van der Waals surface area (Å²) in [5.74, 6) is -1.40. The first-order valence-corrected chi connectivity index (χ1v) is 10.4. The number of amides is 1. The highest BCUT2D eigenvalue weighted by molar-refractivity contribution is 6.19. The molecule has 4 atom stereocenters. The van der Waals surface area contributed by atoms with E-state index in [4.69, 9.17) is 9.15 Å². The summed E-state index contributed by atoms with van der Waals surface area (Å²) in [6.07, 6.45) is -3.79. The van der Waals surface area contributed by atoms with E-state index in [0.29, 0.717) is 30.4 Å². The van der Waals surface area contributed by atoms with Crippen LogP contribution in [0.3, 0.4) is 0 Å². The summed E-state index contributed by atoms with van der Waals surface area (Å²) >= 11 is 0. The van der Waals surface area contributed by atoms with Crippen LogP contribution in [0.1, 0.15) is 48.9 Å². The summed E-state index contributed by atoms with van der Waals surface area (Å²) in [6, 6.07) is 6.42. The highest BCUT2D eigenvalue weighted by atomic mass is 19.4. The van der Waals surface area contributed by atoms with Gasteiger partial charge in [-0.15, -0.1) is 10.2 Å². The smallest absolute Gasteiger partial charge is 0.406 e. The van der Waals surface area contributed by atoms with Gasteiger partial charge < -0.3 is 14.5 Å². The van der Waals surface area contributed by atoms with Crippen molar-refractivity contribution in [1.82, 2.24) is 25.9 Å². The van der Waals surface area contributed by atoms with Crippen LogP contribution >= 0.6 is 0 Å². The number of benzene rings is 1. The van der Waals surface area contributed by atoms with Gasteiger partial charge in [0.1, 0.15) is 17.8 Å². The number of hydrogen-bond donors (Lipinski definition) is 2. The number of ether oxygens (including phenoxy) is 1. The molecule has 3 aliphatic rings. The molecular formula is C21H22F3N5O3. The van der Waals surface area contributed by atoms with Crippen LogP contribution in [0.4, 0.5) is 13.2 Å². The molecule has 3 aliphatic heterocycles. The van der Waals surface area contributed by atoms with Gasteiger partial charge in [-0.05, 0) is 25.3 Å². The molecule has 1 aromatic heterocycles. The van der Waals surface area contributed by atoms with Crippen molar-refractivity contribution in [3.05, 3.63) is 53.4 Å². The number of halogens is 3. The lowest BCUT2D eigenvalue weighted by Crippen LogP contribution is -2.54. The van der Waals surface area contributed by atoms with E-state index in [9.17, 15) is 18.0 Å². The minimum absolute atomic E-state index is 0.0208. The van der Waals surface area contributed by atoms with Gasteiger partial charge >= 0.3 is 6.18 Å². The van der Waals surface area contributed by atoms with Crippen LogP contribution in [0.15, 0.2) is 40.4 Å². The third-order valence-electron chi connectivity index (χ3n) is 6.13. The van der Waals surface area contributed by atoms with Crippen molar-refractivity contribution in [3.63, 3.8) is 0 Å². The molecule has 2 aromatic rings. The van der Waals surface area contributed by atoms with Crippen LogP contribution in [-0.4, -0.2) is 52.7 Å². The number of carbonyl (C=O) groups excluding carboxylic acids is 1. The molecule has 0 bridgehead atoms. The molecule has 32 heavy (non-hydrogen) atoms. The van der Waals surface area contributed by atoms with E-state index in [1.54, 1.807) is 37.3 Å². The Morgan fingerprint density at radius 3 is 2.66 bits per heavy atom. The van der Waals surface area contributed by atoms with E-state index in [-0.39, 0.29) is 17.4 Å². The number of carbonyl (C=O) groups is 1. The monoisotopic (exact) mass is 449 g/mol. The van der Waals surface area contributed by atoms with Crippen molar-refractivity contribution in [2.45, 2.75) is 50.0 Å². The minimum atomic E-state index is -4.56. The Morgan fingerprint density at radius 2 is 1.97 bits per heavy atom. The third kappa shape index (κ3) is 3.55. The molecule has 0 saturated carbocycles. The SMILES string of the molecule is CC1=C(c2nnc([C@@H]3CCCOC3)o2)C(=O)N2NC(C(F)(F)F)C(c3ccccc3)C2N1. The normalized spacial score (nSPS) is 28.6. The molecule has 2 saturated heterocycles. The van der Waals surface area contributed by atoms with Gasteiger partial charge in [-0.1, -0.05) is 30.3 Å². The molecule has 4 heterocycles. The Hall–Kier alpha value is -2.92. The van der Waals surface area contributed by atoms with Gasteiger partial charge in [0.05, 0.1) is 18.4 Å². The number of nitrogens with one attached hydrogen (secondary N) is 2. The number of nitrogens with zero attached hydrogens (tertiary/aromatic N) is 3. The van der Waals surface area contributed by atoms with Crippen molar-refractivity contribution in [1.29, 1.82) is 0 Å². The van der Waals surface area contributed by atoms with Gasteiger partial charge in [-0.25, -0.2) is 10.4 Å². The zero-order chi connectivity index (χ0) is 22.5. The first-order valence-electron chi connectivity index (χ1n) is 10.4. The van der Waals surface area contributed by atoms with E-state index in [2.05, 4.69) is 20.9 Å². The summed E-state index contributed by atoms with van der Waals surface area (Å²) in [4.78, 5) is 13.3. The molecule has 11 heteroatoms. The lowest BCUT2D eigenvalue weighted by Gasteiger charge is -2.34. The molecule has 2 N–H and O–H groups in total. The number of hydrogen-bond acceptors (Lipinski definition) is 7. The highest BCUT2D eigenvalue weighted by Gasteiger charge is 2.58. The highest BCUT2D eigenvalue weighted by Crippen LogP contribution is 2.42. The first-order chi connectivity index (χ1) is 15.3. The fourth-order valence-corrected chi connectivity index (χ4v) is 4.58. The molecule has 8 nitrogen and oxygen atoms in total. The van der Waals surface area contributed by atoms with Gasteiger partial charge in [0.15, 0.2) is 0 Å². The van der Waals surface area contributed by atoms with Gasteiger partial charge in [0, 0.05) is 12.3 Å². The van der Waals surface area contributed by atoms with Crippen molar-refractivity contribution in [2.24, 2.45) is 0 Å². The maximum absolute atomic E-state index is 13.9. The van der Waals surface area contributed by atoms with Gasteiger partial charge in [-0.2, -0.15) is 13.2 Å². The van der Waals surface area contributed by atoms with Crippen molar-refractivity contribution in [2.75, 3.05) is 13.2 Å². The topological polar surface area (TPSA) is 92.5 Å². The lowest BCUT2D eigenvalue weighted by atomic mass is 9.89. The minimum Gasteiger partial charge on any atom is -0.420 e. The van der Waals surface area contributed by atoms with E-state index in [0.717, 1.165) is 17.9 Å². The molecule has 1 amide bonds. The van der Waals surface area contributed by atoms with Gasteiger partial charge in [0.2, 0.25) is 5.89 Å². The predicted octanol–water partition coefficient (Wildman–Crippen LogP) is 2.69. The fourth-order valence-electron chi connectivity index (χ4n) is 4.58. The second kappa shape index (κ2) is 7.89.